The maximum Gasteiger partial charge on any atom is 0.293 e. The molecule has 0 radical (unpaired) electrons. The SMILES string of the molecule is Cc1nc2cc(NC3CCN(C)C3)c([N+](=O)[O-])cc2s1. The third-order valence-corrected chi connectivity index (χ3v) is 4.49. The molecule has 1 unspecified atom stereocenters. The lowest BCUT2D eigenvalue weighted by Gasteiger charge is -2.14. The van der Waals surface area contributed by atoms with Crippen molar-refractivity contribution >= 4 is 32.9 Å². The van der Waals surface area contributed by atoms with Crippen LogP contribution in [0.3, 0.4) is 0 Å². The van der Waals surface area contributed by atoms with Crippen molar-refractivity contribution in [1.82, 2.24) is 9.88 Å². The fraction of sp³-hybridized carbons (Fsp3) is 0.462. The summed E-state index contributed by atoms with van der Waals surface area (Å²) in [5.41, 5.74) is 1.54. The zero-order valence-corrected chi connectivity index (χ0v) is 12.2. The average Bonchev–Trinajstić information content (AvgIpc) is 2.92. The zero-order valence-electron chi connectivity index (χ0n) is 11.4. The molecule has 1 aromatic heterocycles. The van der Waals surface area contributed by atoms with Gasteiger partial charge in [-0.3, -0.25) is 10.1 Å². The molecule has 0 amide bonds. The van der Waals surface area contributed by atoms with Gasteiger partial charge in [0.05, 0.1) is 20.1 Å². The number of hydrogen-bond acceptors (Lipinski definition) is 6. The molecule has 1 aliphatic rings. The fourth-order valence-corrected chi connectivity index (χ4v) is 3.46. The first-order valence-electron chi connectivity index (χ1n) is 6.53. The van der Waals surface area contributed by atoms with E-state index >= 15 is 0 Å². The van der Waals surface area contributed by atoms with Gasteiger partial charge in [-0.25, -0.2) is 4.98 Å². The van der Waals surface area contributed by atoms with Gasteiger partial charge >= 0.3 is 0 Å². The maximum atomic E-state index is 11.2. The lowest BCUT2D eigenvalue weighted by Crippen LogP contribution is -2.23. The Kier molecular flexibility index (Phi) is 3.31. The van der Waals surface area contributed by atoms with Crippen molar-refractivity contribution in [2.24, 2.45) is 0 Å². The van der Waals surface area contributed by atoms with Crippen LogP contribution in [-0.2, 0) is 0 Å². The number of hydrogen-bond donors (Lipinski definition) is 1. The first kappa shape index (κ1) is 13.3. The van der Waals surface area contributed by atoms with Crippen LogP contribution < -0.4 is 5.32 Å². The topological polar surface area (TPSA) is 71.3 Å². The van der Waals surface area contributed by atoms with Crippen LogP contribution in [-0.4, -0.2) is 41.0 Å². The number of nitro benzene ring substituents is 1. The van der Waals surface area contributed by atoms with Gasteiger partial charge in [0.15, 0.2) is 0 Å². The predicted molar refractivity (Wildman–Crippen MR) is 80.5 cm³/mol. The molecule has 1 aromatic carbocycles. The van der Waals surface area contributed by atoms with Gasteiger partial charge in [0, 0.05) is 18.7 Å². The summed E-state index contributed by atoms with van der Waals surface area (Å²) in [6.07, 6.45) is 1.00. The smallest absolute Gasteiger partial charge is 0.293 e. The Balaban J connectivity index is 1.98. The van der Waals surface area contributed by atoms with Crippen LogP contribution in [0, 0.1) is 17.0 Å². The third-order valence-electron chi connectivity index (χ3n) is 3.56. The number of nitrogens with one attached hydrogen (secondary N) is 1. The standard InChI is InChI=1S/C13H16N4O2S/c1-8-14-11-5-10(15-9-3-4-16(2)7-9)12(17(18)19)6-13(11)20-8/h5-6,9,15H,3-4,7H2,1-2H3. The van der Waals surface area contributed by atoms with Crippen molar-refractivity contribution in [2.75, 3.05) is 25.5 Å². The molecular formula is C13H16N4O2S. The number of rotatable bonds is 3. The lowest BCUT2D eigenvalue weighted by molar-refractivity contribution is -0.383. The molecule has 6 nitrogen and oxygen atoms in total. The summed E-state index contributed by atoms with van der Waals surface area (Å²) in [7, 11) is 2.06. The van der Waals surface area contributed by atoms with Gasteiger partial charge in [0.25, 0.3) is 5.69 Å². The van der Waals surface area contributed by atoms with Crippen LogP contribution in [0.4, 0.5) is 11.4 Å². The van der Waals surface area contributed by atoms with Crippen LogP contribution in [0.15, 0.2) is 12.1 Å². The number of thiazole rings is 1. The van der Waals surface area contributed by atoms with Crippen molar-refractivity contribution in [2.45, 2.75) is 19.4 Å². The molecule has 0 saturated carbocycles. The van der Waals surface area contributed by atoms with E-state index in [1.54, 1.807) is 12.1 Å². The van der Waals surface area contributed by atoms with Crippen molar-refractivity contribution in [3.63, 3.8) is 0 Å². The molecule has 2 heterocycles. The Morgan fingerprint density at radius 1 is 1.55 bits per heavy atom. The minimum atomic E-state index is -0.324. The van der Waals surface area contributed by atoms with E-state index in [1.807, 2.05) is 6.92 Å². The van der Waals surface area contributed by atoms with E-state index in [0.717, 1.165) is 34.7 Å². The second kappa shape index (κ2) is 4.99. The highest BCUT2D eigenvalue weighted by atomic mass is 32.1. The van der Waals surface area contributed by atoms with Crippen LogP contribution in [0.2, 0.25) is 0 Å². The lowest BCUT2D eigenvalue weighted by atomic mass is 10.2. The van der Waals surface area contributed by atoms with Crippen LogP contribution >= 0.6 is 11.3 Å². The van der Waals surface area contributed by atoms with E-state index in [-0.39, 0.29) is 16.7 Å². The number of aryl methyl sites for hydroxylation is 1. The summed E-state index contributed by atoms with van der Waals surface area (Å²) in [6, 6.07) is 3.69. The highest BCUT2D eigenvalue weighted by Gasteiger charge is 2.23. The zero-order chi connectivity index (χ0) is 14.3. The van der Waals surface area contributed by atoms with Crippen molar-refractivity contribution in [3.8, 4) is 0 Å². The summed E-state index contributed by atoms with van der Waals surface area (Å²) in [6.45, 7) is 3.84. The fourth-order valence-electron chi connectivity index (χ4n) is 2.62. The highest BCUT2D eigenvalue weighted by molar-refractivity contribution is 7.18. The van der Waals surface area contributed by atoms with Crippen LogP contribution in [0.5, 0.6) is 0 Å². The van der Waals surface area contributed by atoms with Crippen molar-refractivity contribution < 1.29 is 4.92 Å². The average molecular weight is 292 g/mol. The maximum absolute atomic E-state index is 11.2. The van der Waals surface area contributed by atoms with Gasteiger partial charge in [-0.1, -0.05) is 0 Å². The number of likely N-dealkylation sites (N-methyl/N-ethyl adjacent to an activating group) is 1. The van der Waals surface area contributed by atoms with Gasteiger partial charge in [-0.2, -0.15) is 0 Å². The molecule has 106 valence electrons. The first-order valence-corrected chi connectivity index (χ1v) is 7.35. The Hall–Kier alpha value is -1.73. The first-order chi connectivity index (χ1) is 9.52. The Bertz CT molecular complexity index is 670. The van der Waals surface area contributed by atoms with Crippen molar-refractivity contribution in [1.29, 1.82) is 0 Å². The Morgan fingerprint density at radius 3 is 3.00 bits per heavy atom. The van der Waals surface area contributed by atoms with Crippen LogP contribution in [0.1, 0.15) is 11.4 Å². The monoisotopic (exact) mass is 292 g/mol. The number of anilines is 1. The van der Waals surface area contributed by atoms with E-state index in [9.17, 15) is 10.1 Å². The van der Waals surface area contributed by atoms with Crippen LogP contribution in [0.25, 0.3) is 10.2 Å². The van der Waals surface area contributed by atoms with Gasteiger partial charge in [-0.05, 0) is 33.0 Å². The molecule has 3 rings (SSSR count). The van der Waals surface area contributed by atoms with E-state index < -0.39 is 0 Å². The minimum absolute atomic E-state index is 0.135. The van der Waals surface area contributed by atoms with E-state index in [1.165, 1.54) is 11.3 Å². The normalized spacial score (nSPS) is 19.6. The van der Waals surface area contributed by atoms with E-state index in [4.69, 9.17) is 0 Å². The largest absolute Gasteiger partial charge is 0.375 e. The number of fused-ring (bicyclic) bond motifs is 1. The van der Waals surface area contributed by atoms with Gasteiger partial charge in [-0.15, -0.1) is 11.3 Å². The summed E-state index contributed by atoms with van der Waals surface area (Å²) < 4.78 is 0.864. The molecule has 1 fully saturated rings. The van der Waals surface area contributed by atoms with Gasteiger partial charge in [0.2, 0.25) is 0 Å². The molecule has 0 bridgehead atoms. The molecule has 7 heteroatoms. The molecule has 20 heavy (non-hydrogen) atoms. The molecule has 1 aliphatic heterocycles. The summed E-state index contributed by atoms with van der Waals surface area (Å²) in [4.78, 5) is 17.6. The molecule has 0 aliphatic carbocycles. The van der Waals surface area contributed by atoms with Gasteiger partial charge in [0.1, 0.15) is 5.69 Å². The molecule has 1 saturated heterocycles. The summed E-state index contributed by atoms with van der Waals surface area (Å²) >= 11 is 1.48. The molecule has 0 spiro atoms. The van der Waals surface area contributed by atoms with E-state index in [2.05, 4.69) is 22.2 Å². The number of nitrogens with zero attached hydrogens (tertiary/aromatic N) is 3. The summed E-state index contributed by atoms with van der Waals surface area (Å²) in [5, 5.41) is 15.5. The van der Waals surface area contributed by atoms with Crippen molar-refractivity contribution in [3.05, 3.63) is 27.3 Å². The molecule has 1 N–H and O–H groups in total. The number of aromatic nitrogens is 1. The second-order valence-corrected chi connectivity index (χ2v) is 6.45. The minimum Gasteiger partial charge on any atom is -0.375 e. The molecule has 2 aromatic rings. The Labute approximate surface area is 120 Å². The quantitative estimate of drug-likeness (QED) is 0.695. The number of benzene rings is 1. The number of likely N-dealkylation sites (tertiary alicyclic amines) is 1. The molecular weight excluding hydrogens is 276 g/mol. The predicted octanol–water partition coefficient (Wildman–Crippen LogP) is 2.63. The third kappa shape index (κ3) is 2.46. The summed E-state index contributed by atoms with van der Waals surface area (Å²) in [5.74, 6) is 0. The number of nitro groups is 1. The second-order valence-electron chi connectivity index (χ2n) is 5.22. The molecule has 1 atom stereocenters. The van der Waals surface area contributed by atoms with Gasteiger partial charge < -0.3 is 10.2 Å². The van der Waals surface area contributed by atoms with E-state index in [0.29, 0.717) is 5.69 Å². The Morgan fingerprint density at radius 2 is 2.35 bits per heavy atom. The highest BCUT2D eigenvalue weighted by Crippen LogP contribution is 2.33.